The van der Waals surface area contributed by atoms with Gasteiger partial charge in [-0.25, -0.2) is 8.42 Å². The number of aromatic hydroxyl groups is 1. The molecule has 0 aromatic heterocycles. The van der Waals surface area contributed by atoms with Gasteiger partial charge in [0.05, 0.1) is 16.4 Å². The molecule has 0 saturated heterocycles. The lowest BCUT2D eigenvalue weighted by Crippen LogP contribution is -2.06. The van der Waals surface area contributed by atoms with Gasteiger partial charge in [-0.2, -0.15) is 0 Å². The van der Waals surface area contributed by atoms with Crippen LogP contribution in [-0.2, 0) is 14.6 Å². The first kappa shape index (κ1) is 16.3. The SMILES string of the molecule is CCOCCOc1ccc(S(=O)(=O)c2ccc(O)cc2)cc1. The van der Waals surface area contributed by atoms with Crippen molar-refractivity contribution in [3.8, 4) is 11.5 Å². The summed E-state index contributed by atoms with van der Waals surface area (Å²) in [5.41, 5.74) is 0. The van der Waals surface area contributed by atoms with E-state index in [2.05, 4.69) is 0 Å². The van der Waals surface area contributed by atoms with E-state index in [1.807, 2.05) is 6.92 Å². The molecule has 0 aliphatic rings. The highest BCUT2D eigenvalue weighted by Crippen LogP contribution is 2.24. The molecule has 2 rings (SSSR count). The second-order valence-electron chi connectivity index (χ2n) is 4.51. The van der Waals surface area contributed by atoms with Gasteiger partial charge in [-0.3, -0.25) is 0 Å². The molecule has 2 aromatic carbocycles. The highest BCUT2D eigenvalue weighted by Gasteiger charge is 2.17. The van der Waals surface area contributed by atoms with Gasteiger partial charge in [-0.05, 0) is 55.5 Å². The predicted octanol–water partition coefficient (Wildman–Crippen LogP) is 2.64. The Kier molecular flexibility index (Phi) is 5.41. The summed E-state index contributed by atoms with van der Waals surface area (Å²) < 4.78 is 35.4. The molecule has 0 radical (unpaired) electrons. The fourth-order valence-electron chi connectivity index (χ4n) is 1.84. The second kappa shape index (κ2) is 7.29. The van der Waals surface area contributed by atoms with E-state index in [1.165, 1.54) is 36.4 Å². The molecule has 5 nitrogen and oxygen atoms in total. The van der Waals surface area contributed by atoms with Crippen molar-refractivity contribution in [2.45, 2.75) is 16.7 Å². The Morgan fingerprint density at radius 2 is 1.45 bits per heavy atom. The van der Waals surface area contributed by atoms with E-state index >= 15 is 0 Å². The van der Waals surface area contributed by atoms with Gasteiger partial charge in [0.1, 0.15) is 18.1 Å². The van der Waals surface area contributed by atoms with Gasteiger partial charge in [0, 0.05) is 6.61 Å². The summed E-state index contributed by atoms with van der Waals surface area (Å²) in [7, 11) is -3.59. The Balaban J connectivity index is 2.10. The topological polar surface area (TPSA) is 72.8 Å². The van der Waals surface area contributed by atoms with Gasteiger partial charge in [0.2, 0.25) is 9.84 Å². The number of rotatable bonds is 7. The van der Waals surface area contributed by atoms with Crippen LogP contribution < -0.4 is 4.74 Å². The van der Waals surface area contributed by atoms with Crippen LogP contribution in [0.15, 0.2) is 58.3 Å². The zero-order chi connectivity index (χ0) is 16.0. The van der Waals surface area contributed by atoms with E-state index < -0.39 is 9.84 Å². The normalized spacial score (nSPS) is 11.3. The summed E-state index contributed by atoms with van der Waals surface area (Å²) in [5, 5.41) is 9.23. The fourth-order valence-corrected chi connectivity index (χ4v) is 3.10. The monoisotopic (exact) mass is 322 g/mol. The predicted molar refractivity (Wildman–Crippen MR) is 82.0 cm³/mol. The number of hydrogen-bond acceptors (Lipinski definition) is 5. The van der Waals surface area contributed by atoms with Crippen molar-refractivity contribution >= 4 is 9.84 Å². The summed E-state index contributed by atoms with van der Waals surface area (Å²) >= 11 is 0. The highest BCUT2D eigenvalue weighted by atomic mass is 32.2. The molecule has 0 heterocycles. The van der Waals surface area contributed by atoms with Crippen LogP contribution >= 0.6 is 0 Å². The van der Waals surface area contributed by atoms with Crippen molar-refractivity contribution in [1.82, 2.24) is 0 Å². The van der Waals surface area contributed by atoms with Crippen molar-refractivity contribution < 1.29 is 23.0 Å². The zero-order valence-corrected chi connectivity index (χ0v) is 13.0. The maximum atomic E-state index is 12.4. The van der Waals surface area contributed by atoms with E-state index in [0.717, 1.165) is 0 Å². The minimum atomic E-state index is -3.59. The van der Waals surface area contributed by atoms with E-state index in [4.69, 9.17) is 9.47 Å². The maximum Gasteiger partial charge on any atom is 0.206 e. The number of sulfone groups is 1. The lowest BCUT2D eigenvalue weighted by atomic mass is 10.3. The third kappa shape index (κ3) is 3.99. The molecule has 0 spiro atoms. The molecule has 0 unspecified atom stereocenters. The van der Waals surface area contributed by atoms with Crippen LogP contribution in [0.5, 0.6) is 11.5 Å². The van der Waals surface area contributed by atoms with Crippen molar-refractivity contribution in [1.29, 1.82) is 0 Å². The number of benzene rings is 2. The average molecular weight is 322 g/mol. The third-order valence-corrected chi connectivity index (χ3v) is 4.77. The van der Waals surface area contributed by atoms with Gasteiger partial charge < -0.3 is 14.6 Å². The van der Waals surface area contributed by atoms with Crippen LogP contribution in [0.1, 0.15) is 6.92 Å². The first-order valence-corrected chi connectivity index (χ1v) is 8.37. The van der Waals surface area contributed by atoms with Gasteiger partial charge in [0.25, 0.3) is 0 Å². The molecular formula is C16H18O5S. The van der Waals surface area contributed by atoms with Crippen LogP contribution in [0.4, 0.5) is 0 Å². The van der Waals surface area contributed by atoms with Crippen LogP contribution in [0.25, 0.3) is 0 Å². The second-order valence-corrected chi connectivity index (χ2v) is 6.46. The van der Waals surface area contributed by atoms with Crippen molar-refractivity contribution in [2.24, 2.45) is 0 Å². The molecule has 1 N–H and O–H groups in total. The molecule has 0 fully saturated rings. The minimum absolute atomic E-state index is 0.0250. The van der Waals surface area contributed by atoms with E-state index in [-0.39, 0.29) is 15.5 Å². The van der Waals surface area contributed by atoms with E-state index in [9.17, 15) is 13.5 Å². The van der Waals surface area contributed by atoms with E-state index in [0.29, 0.717) is 25.6 Å². The molecule has 22 heavy (non-hydrogen) atoms. The molecule has 0 aliphatic heterocycles. The molecule has 2 aromatic rings. The molecular weight excluding hydrogens is 304 g/mol. The first-order valence-electron chi connectivity index (χ1n) is 6.89. The molecule has 118 valence electrons. The number of phenols is 1. The minimum Gasteiger partial charge on any atom is -0.508 e. The fraction of sp³-hybridized carbons (Fsp3) is 0.250. The van der Waals surface area contributed by atoms with Crippen LogP contribution in [-0.4, -0.2) is 33.3 Å². The Bertz CT molecular complexity index is 690. The lowest BCUT2D eigenvalue weighted by Gasteiger charge is -2.08. The highest BCUT2D eigenvalue weighted by molar-refractivity contribution is 7.91. The third-order valence-electron chi connectivity index (χ3n) is 2.98. The Labute approximate surface area is 130 Å². The standard InChI is InChI=1S/C16H18O5S/c1-2-20-11-12-21-14-5-9-16(10-6-14)22(18,19)15-7-3-13(17)4-8-15/h3-10,17H,2,11-12H2,1H3. The molecule has 0 aliphatic carbocycles. The lowest BCUT2D eigenvalue weighted by molar-refractivity contribution is 0.110. The van der Waals surface area contributed by atoms with Crippen LogP contribution in [0.3, 0.4) is 0 Å². The van der Waals surface area contributed by atoms with Gasteiger partial charge in [0.15, 0.2) is 0 Å². The van der Waals surface area contributed by atoms with Crippen LogP contribution in [0.2, 0.25) is 0 Å². The Morgan fingerprint density at radius 3 is 2.00 bits per heavy atom. The van der Waals surface area contributed by atoms with E-state index in [1.54, 1.807) is 12.1 Å². The molecule has 0 bridgehead atoms. The largest absolute Gasteiger partial charge is 0.508 e. The zero-order valence-electron chi connectivity index (χ0n) is 12.2. The summed E-state index contributed by atoms with van der Waals surface area (Å²) in [6.07, 6.45) is 0. The molecule has 6 heteroatoms. The average Bonchev–Trinajstić information content (AvgIpc) is 2.52. The van der Waals surface area contributed by atoms with Crippen molar-refractivity contribution in [2.75, 3.05) is 19.8 Å². The Hall–Kier alpha value is -2.05. The van der Waals surface area contributed by atoms with Crippen molar-refractivity contribution in [3.63, 3.8) is 0 Å². The van der Waals surface area contributed by atoms with Gasteiger partial charge in [-0.1, -0.05) is 0 Å². The number of phenolic OH excluding ortho intramolecular Hbond substituents is 1. The first-order chi connectivity index (χ1) is 10.5. The summed E-state index contributed by atoms with van der Waals surface area (Å²) in [6.45, 7) is 3.44. The summed E-state index contributed by atoms with van der Waals surface area (Å²) in [6, 6.07) is 11.7. The van der Waals surface area contributed by atoms with Crippen LogP contribution in [0, 0.1) is 0 Å². The van der Waals surface area contributed by atoms with Gasteiger partial charge in [-0.15, -0.1) is 0 Å². The maximum absolute atomic E-state index is 12.4. The molecule has 0 atom stereocenters. The number of ether oxygens (including phenoxy) is 2. The number of hydrogen-bond donors (Lipinski definition) is 1. The van der Waals surface area contributed by atoms with Gasteiger partial charge >= 0.3 is 0 Å². The quantitative estimate of drug-likeness (QED) is 0.793. The smallest absolute Gasteiger partial charge is 0.206 e. The Morgan fingerprint density at radius 1 is 0.909 bits per heavy atom. The molecule has 0 saturated carbocycles. The summed E-state index contributed by atoms with van der Waals surface area (Å²) in [4.78, 5) is 0.311. The van der Waals surface area contributed by atoms with Crippen molar-refractivity contribution in [3.05, 3.63) is 48.5 Å². The summed E-state index contributed by atoms with van der Waals surface area (Å²) in [5.74, 6) is 0.612. The molecule has 0 amide bonds.